The molecule has 0 aliphatic carbocycles. The van der Waals surface area contributed by atoms with Crippen molar-refractivity contribution in [3.8, 4) is 5.69 Å². The molecule has 0 saturated heterocycles. The first-order chi connectivity index (χ1) is 13.6. The Hall–Kier alpha value is -3.34. The third-order valence-corrected chi connectivity index (χ3v) is 4.13. The van der Waals surface area contributed by atoms with Crippen molar-refractivity contribution in [3.63, 3.8) is 0 Å². The smallest absolute Gasteiger partial charge is 0.405 e. The van der Waals surface area contributed by atoms with Crippen molar-refractivity contribution in [2.75, 3.05) is 24.7 Å². The molecule has 0 aliphatic rings. The highest BCUT2D eigenvalue weighted by molar-refractivity contribution is 6.30. The summed E-state index contributed by atoms with van der Waals surface area (Å²) in [5.41, 5.74) is 4.56. The molecule has 152 valence electrons. The van der Waals surface area contributed by atoms with E-state index in [-0.39, 0.29) is 28.4 Å². The van der Waals surface area contributed by atoms with Gasteiger partial charge >= 0.3 is 12.1 Å². The summed E-state index contributed by atoms with van der Waals surface area (Å²) >= 11 is 5.87. The van der Waals surface area contributed by atoms with Crippen molar-refractivity contribution in [1.82, 2.24) is 14.5 Å². The summed E-state index contributed by atoms with van der Waals surface area (Å²) in [5.74, 6) is -1.35. The molecule has 1 aromatic carbocycles. The van der Waals surface area contributed by atoms with E-state index in [2.05, 4.69) is 14.7 Å². The number of hydrogen-bond donors (Lipinski definition) is 2. The molecule has 0 unspecified atom stereocenters. The molecular formula is C17H13ClF3N5O3. The number of pyridine rings is 1. The number of nitrogens with two attached hydrogens (primary N) is 1. The van der Waals surface area contributed by atoms with Gasteiger partial charge in [0.1, 0.15) is 12.1 Å². The summed E-state index contributed by atoms with van der Waals surface area (Å²) in [4.78, 5) is 32.9. The summed E-state index contributed by atoms with van der Waals surface area (Å²) < 4.78 is 43.1. The Morgan fingerprint density at radius 3 is 2.55 bits per heavy atom. The van der Waals surface area contributed by atoms with Gasteiger partial charge in [-0.1, -0.05) is 11.6 Å². The number of methoxy groups -OCH3 is 1. The molecule has 0 radical (unpaired) electrons. The molecule has 29 heavy (non-hydrogen) atoms. The van der Waals surface area contributed by atoms with Crippen molar-refractivity contribution >= 4 is 40.2 Å². The van der Waals surface area contributed by atoms with Crippen molar-refractivity contribution in [3.05, 3.63) is 51.4 Å². The van der Waals surface area contributed by atoms with E-state index in [1.165, 1.54) is 24.3 Å². The van der Waals surface area contributed by atoms with Gasteiger partial charge in [-0.2, -0.15) is 18.2 Å². The number of nitrogen functional groups attached to an aromatic ring is 1. The minimum absolute atomic E-state index is 0.0810. The molecule has 2 aromatic heterocycles. The second-order valence-electron chi connectivity index (χ2n) is 5.80. The maximum absolute atomic E-state index is 13.0. The number of aromatic nitrogens is 3. The molecule has 0 aliphatic heterocycles. The average molecular weight is 428 g/mol. The first-order valence-corrected chi connectivity index (χ1v) is 8.36. The monoisotopic (exact) mass is 427 g/mol. The van der Waals surface area contributed by atoms with E-state index in [9.17, 15) is 22.8 Å². The maximum Gasteiger partial charge on any atom is 0.405 e. The van der Waals surface area contributed by atoms with E-state index in [0.717, 1.165) is 17.9 Å². The Kier molecular flexibility index (Phi) is 5.33. The van der Waals surface area contributed by atoms with Gasteiger partial charge in [0, 0.05) is 11.2 Å². The number of halogens is 4. The highest BCUT2D eigenvalue weighted by Gasteiger charge is 2.28. The lowest BCUT2D eigenvalue weighted by molar-refractivity contribution is -0.115. The molecule has 3 N–H and O–H groups in total. The van der Waals surface area contributed by atoms with Crippen LogP contribution in [-0.2, 0) is 4.74 Å². The van der Waals surface area contributed by atoms with Gasteiger partial charge in [-0.25, -0.2) is 9.78 Å². The zero-order chi connectivity index (χ0) is 21.3. The van der Waals surface area contributed by atoms with Gasteiger partial charge in [-0.05, 0) is 24.3 Å². The third-order valence-electron chi connectivity index (χ3n) is 3.88. The predicted molar refractivity (Wildman–Crippen MR) is 100 cm³/mol. The first-order valence-electron chi connectivity index (χ1n) is 7.98. The van der Waals surface area contributed by atoms with Crippen LogP contribution in [0.3, 0.4) is 0 Å². The van der Waals surface area contributed by atoms with Gasteiger partial charge in [0.2, 0.25) is 5.95 Å². The zero-order valence-electron chi connectivity index (χ0n) is 14.7. The average Bonchev–Trinajstić information content (AvgIpc) is 2.67. The van der Waals surface area contributed by atoms with E-state index in [0.29, 0.717) is 5.02 Å². The van der Waals surface area contributed by atoms with Crippen LogP contribution >= 0.6 is 11.6 Å². The number of hydrogen-bond acceptors (Lipinski definition) is 7. The molecular weight excluding hydrogens is 415 g/mol. The lowest BCUT2D eigenvalue weighted by Gasteiger charge is -2.15. The number of esters is 1. The standard InChI is InChI=1S/C17H13ClF3N5O3/c1-29-15(28)11-12(22)10-6-23-16(24-7-17(19,20)21)25-13(10)26(14(11)27)9-4-2-8(18)3-5-9/h2-6H,7,22H2,1H3,(H,23,24,25). The molecule has 3 rings (SSSR count). The Morgan fingerprint density at radius 1 is 1.31 bits per heavy atom. The molecule has 0 fully saturated rings. The highest BCUT2D eigenvalue weighted by atomic mass is 35.5. The topological polar surface area (TPSA) is 112 Å². The van der Waals surface area contributed by atoms with Gasteiger partial charge in [0.05, 0.1) is 23.9 Å². The largest absolute Gasteiger partial charge is 0.465 e. The Balaban J connectivity index is 2.31. The molecule has 2 heterocycles. The Morgan fingerprint density at radius 2 is 1.97 bits per heavy atom. The third kappa shape index (κ3) is 4.09. The van der Waals surface area contributed by atoms with Gasteiger partial charge in [0.25, 0.3) is 5.56 Å². The van der Waals surface area contributed by atoms with Crippen molar-refractivity contribution in [2.24, 2.45) is 0 Å². The van der Waals surface area contributed by atoms with Gasteiger partial charge in [-0.15, -0.1) is 0 Å². The van der Waals surface area contributed by atoms with Crippen LogP contribution in [0.15, 0.2) is 35.3 Å². The van der Waals surface area contributed by atoms with Crippen LogP contribution in [0.5, 0.6) is 0 Å². The quantitative estimate of drug-likeness (QED) is 0.615. The lowest BCUT2D eigenvalue weighted by atomic mass is 10.1. The molecule has 0 atom stereocenters. The molecule has 0 amide bonds. The van der Waals surface area contributed by atoms with Crippen LogP contribution < -0.4 is 16.6 Å². The molecule has 0 spiro atoms. The van der Waals surface area contributed by atoms with Crippen LogP contribution in [0.1, 0.15) is 10.4 Å². The number of benzene rings is 1. The SMILES string of the molecule is COC(=O)c1c(N)c2cnc(NCC(F)(F)F)nc2n(-c2ccc(Cl)cc2)c1=O. The number of anilines is 2. The van der Waals surface area contributed by atoms with Crippen LogP contribution in [0, 0.1) is 0 Å². The van der Waals surface area contributed by atoms with Crippen molar-refractivity contribution in [1.29, 1.82) is 0 Å². The van der Waals surface area contributed by atoms with Crippen LogP contribution in [-0.4, -0.2) is 40.3 Å². The number of fused-ring (bicyclic) bond motifs is 1. The number of rotatable bonds is 4. The zero-order valence-corrected chi connectivity index (χ0v) is 15.5. The van der Waals surface area contributed by atoms with Gasteiger partial charge in [-0.3, -0.25) is 9.36 Å². The minimum Gasteiger partial charge on any atom is -0.465 e. The number of alkyl halides is 3. The molecule has 0 bridgehead atoms. The summed E-state index contributed by atoms with van der Waals surface area (Å²) in [5, 5.41) is 2.50. The van der Waals surface area contributed by atoms with Gasteiger partial charge < -0.3 is 15.8 Å². The maximum atomic E-state index is 13.0. The molecule has 8 nitrogen and oxygen atoms in total. The normalized spacial score (nSPS) is 11.5. The first kappa shape index (κ1) is 20.4. The number of nitrogens with one attached hydrogen (secondary N) is 1. The summed E-state index contributed by atoms with van der Waals surface area (Å²) in [6.07, 6.45) is -3.38. The predicted octanol–water partition coefficient (Wildman–Crippen LogP) is 2.78. The van der Waals surface area contributed by atoms with Crippen LogP contribution in [0.2, 0.25) is 5.02 Å². The van der Waals surface area contributed by atoms with Crippen molar-refractivity contribution in [2.45, 2.75) is 6.18 Å². The summed E-state index contributed by atoms with van der Waals surface area (Å²) in [6, 6.07) is 5.94. The number of carbonyl (C=O) groups is 1. The van der Waals surface area contributed by atoms with Crippen LogP contribution in [0.4, 0.5) is 24.8 Å². The fourth-order valence-corrected chi connectivity index (χ4v) is 2.71. The summed E-state index contributed by atoms with van der Waals surface area (Å²) in [7, 11) is 1.08. The number of carbonyl (C=O) groups excluding carboxylic acids is 1. The van der Waals surface area contributed by atoms with Gasteiger partial charge in [0.15, 0.2) is 5.65 Å². The van der Waals surface area contributed by atoms with E-state index < -0.39 is 29.8 Å². The van der Waals surface area contributed by atoms with E-state index in [1.807, 2.05) is 5.32 Å². The van der Waals surface area contributed by atoms with E-state index >= 15 is 0 Å². The highest BCUT2D eigenvalue weighted by Crippen LogP contribution is 2.25. The fraction of sp³-hybridized carbons (Fsp3) is 0.176. The molecule has 12 heteroatoms. The van der Waals surface area contributed by atoms with Crippen molar-refractivity contribution < 1.29 is 22.7 Å². The summed E-state index contributed by atoms with van der Waals surface area (Å²) in [6.45, 7) is -1.38. The van der Waals surface area contributed by atoms with E-state index in [4.69, 9.17) is 17.3 Å². The van der Waals surface area contributed by atoms with E-state index in [1.54, 1.807) is 0 Å². The second kappa shape index (κ2) is 7.59. The number of nitrogens with zero attached hydrogens (tertiary/aromatic N) is 3. The fourth-order valence-electron chi connectivity index (χ4n) is 2.58. The Bertz CT molecular complexity index is 1150. The van der Waals surface area contributed by atoms with Crippen LogP contribution in [0.25, 0.3) is 16.7 Å². The molecule has 0 saturated carbocycles. The molecule has 3 aromatic rings. The second-order valence-corrected chi connectivity index (χ2v) is 6.23. The number of ether oxygens (including phenoxy) is 1. The minimum atomic E-state index is -4.50. The Labute approximate surface area is 166 Å². The lowest BCUT2D eigenvalue weighted by Crippen LogP contribution is -2.29.